The molecular weight excluding hydrogens is 484 g/mol. The van der Waals surface area contributed by atoms with Gasteiger partial charge in [0, 0.05) is 54.7 Å². The van der Waals surface area contributed by atoms with E-state index in [-0.39, 0.29) is 30.1 Å². The molecule has 0 aliphatic carbocycles. The quantitative estimate of drug-likeness (QED) is 0.183. The normalized spacial score (nSPS) is 11.1. The molecule has 0 fully saturated rings. The highest BCUT2D eigenvalue weighted by molar-refractivity contribution is 7.99. The number of anilines is 1. The Balaban J connectivity index is 1.39. The van der Waals surface area contributed by atoms with E-state index in [0.717, 1.165) is 22.7 Å². The van der Waals surface area contributed by atoms with Crippen LogP contribution in [0.1, 0.15) is 28.3 Å². The smallest absolute Gasteiger partial charge is 0.224 e. The topological polar surface area (TPSA) is 81.8 Å². The molecular formula is C26H25F2N5O2S. The Labute approximate surface area is 211 Å². The van der Waals surface area contributed by atoms with Gasteiger partial charge < -0.3 is 14.5 Å². The third-order valence-electron chi connectivity index (χ3n) is 5.86. The first-order valence-electron chi connectivity index (χ1n) is 11.3. The standard InChI is InChI=1S/C26H25F2N5O2S/c1-4-13-33-16(2)25(18-7-5-6-8-21(18)33)22(34)15-36-26-31-30-23(32(26)3)11-12-24(35)29-20-10-9-17(27)14-19(20)28/h4-10,14H,1,11-13,15H2,2-3H3,(H,29,35). The van der Waals surface area contributed by atoms with Gasteiger partial charge in [0.25, 0.3) is 0 Å². The summed E-state index contributed by atoms with van der Waals surface area (Å²) >= 11 is 1.28. The van der Waals surface area contributed by atoms with Gasteiger partial charge in [0.2, 0.25) is 5.91 Å². The van der Waals surface area contributed by atoms with Crippen LogP contribution >= 0.6 is 11.8 Å². The molecule has 2 aromatic heterocycles. The minimum Gasteiger partial charge on any atom is -0.340 e. The van der Waals surface area contributed by atoms with Crippen molar-refractivity contribution in [2.45, 2.75) is 31.5 Å². The van der Waals surface area contributed by atoms with Gasteiger partial charge in [-0.25, -0.2) is 8.78 Å². The summed E-state index contributed by atoms with van der Waals surface area (Å²) in [4.78, 5) is 25.4. The second-order valence-corrected chi connectivity index (χ2v) is 9.16. The Kier molecular flexibility index (Phi) is 7.64. The average Bonchev–Trinajstić information content (AvgIpc) is 3.34. The van der Waals surface area contributed by atoms with Gasteiger partial charge in [-0.05, 0) is 25.1 Å². The first-order chi connectivity index (χ1) is 17.3. The fraction of sp³-hybridized carbons (Fsp3) is 0.231. The molecule has 0 spiro atoms. The van der Waals surface area contributed by atoms with Gasteiger partial charge in [-0.1, -0.05) is 36.0 Å². The summed E-state index contributed by atoms with van der Waals surface area (Å²) in [7, 11) is 1.76. The van der Waals surface area contributed by atoms with E-state index in [2.05, 4.69) is 26.7 Å². The zero-order valence-electron chi connectivity index (χ0n) is 19.9. The van der Waals surface area contributed by atoms with Gasteiger partial charge >= 0.3 is 0 Å². The molecule has 0 unspecified atom stereocenters. The van der Waals surface area contributed by atoms with E-state index < -0.39 is 17.5 Å². The lowest BCUT2D eigenvalue weighted by Gasteiger charge is -2.07. The number of aryl methyl sites for hydroxylation is 1. The van der Waals surface area contributed by atoms with Crippen LogP contribution in [0.5, 0.6) is 0 Å². The van der Waals surface area contributed by atoms with Crippen LogP contribution in [0.2, 0.25) is 0 Å². The van der Waals surface area contributed by atoms with Crippen molar-refractivity contribution in [2.24, 2.45) is 7.05 Å². The number of allylic oxidation sites excluding steroid dienone is 1. The molecule has 4 aromatic rings. The Hall–Kier alpha value is -3.79. The maximum Gasteiger partial charge on any atom is 0.224 e. The number of ketones is 1. The van der Waals surface area contributed by atoms with Crippen molar-refractivity contribution < 1.29 is 18.4 Å². The predicted molar refractivity (Wildman–Crippen MR) is 136 cm³/mol. The maximum atomic E-state index is 13.7. The van der Waals surface area contributed by atoms with Crippen LogP contribution in [0.4, 0.5) is 14.5 Å². The second kappa shape index (κ2) is 10.9. The Bertz CT molecular complexity index is 1460. The molecule has 186 valence electrons. The third kappa shape index (κ3) is 5.23. The summed E-state index contributed by atoms with van der Waals surface area (Å²) in [6.45, 7) is 6.36. The molecule has 0 atom stereocenters. The molecule has 1 amide bonds. The summed E-state index contributed by atoms with van der Waals surface area (Å²) < 4.78 is 30.6. The Morgan fingerprint density at radius 1 is 1.17 bits per heavy atom. The van der Waals surface area contributed by atoms with E-state index in [1.807, 2.05) is 31.2 Å². The van der Waals surface area contributed by atoms with Crippen LogP contribution in [0.3, 0.4) is 0 Å². The van der Waals surface area contributed by atoms with E-state index in [9.17, 15) is 18.4 Å². The van der Waals surface area contributed by atoms with Gasteiger partial charge in [-0.3, -0.25) is 9.59 Å². The monoisotopic (exact) mass is 509 g/mol. The SMILES string of the molecule is C=CCn1c(C)c(C(=O)CSc2nnc(CCC(=O)Nc3ccc(F)cc3F)n2C)c2ccccc21. The number of hydrogen-bond donors (Lipinski definition) is 1. The van der Waals surface area contributed by atoms with E-state index in [4.69, 9.17) is 0 Å². The van der Waals surface area contributed by atoms with Gasteiger partial charge in [0.05, 0.1) is 11.4 Å². The molecule has 0 radical (unpaired) electrons. The highest BCUT2D eigenvalue weighted by Gasteiger charge is 2.21. The van der Waals surface area contributed by atoms with Crippen molar-refractivity contribution in [1.29, 1.82) is 0 Å². The number of carbonyl (C=O) groups is 2. The van der Waals surface area contributed by atoms with Gasteiger partial charge in [-0.2, -0.15) is 0 Å². The number of fused-ring (bicyclic) bond motifs is 1. The first kappa shape index (κ1) is 25.3. The highest BCUT2D eigenvalue weighted by Crippen LogP contribution is 2.28. The summed E-state index contributed by atoms with van der Waals surface area (Å²) in [5, 5.41) is 12.2. The zero-order valence-corrected chi connectivity index (χ0v) is 20.7. The summed E-state index contributed by atoms with van der Waals surface area (Å²) in [5.74, 6) is -1.27. The number of carbonyl (C=O) groups excluding carboxylic acids is 2. The minimum absolute atomic E-state index is 0.0123. The lowest BCUT2D eigenvalue weighted by molar-refractivity contribution is -0.116. The summed E-state index contributed by atoms with van der Waals surface area (Å²) in [6.07, 6.45) is 2.11. The highest BCUT2D eigenvalue weighted by atomic mass is 32.2. The Morgan fingerprint density at radius 2 is 1.94 bits per heavy atom. The lowest BCUT2D eigenvalue weighted by Crippen LogP contribution is -2.14. The van der Waals surface area contributed by atoms with Crippen LogP contribution in [-0.2, 0) is 24.8 Å². The molecule has 7 nitrogen and oxygen atoms in total. The lowest BCUT2D eigenvalue weighted by atomic mass is 10.1. The van der Waals surface area contributed by atoms with Crippen LogP contribution in [0.25, 0.3) is 10.9 Å². The summed E-state index contributed by atoms with van der Waals surface area (Å²) in [6, 6.07) is 10.8. The van der Waals surface area contributed by atoms with Crippen molar-refractivity contribution in [1.82, 2.24) is 19.3 Å². The average molecular weight is 510 g/mol. The molecule has 0 saturated heterocycles. The molecule has 2 aromatic carbocycles. The third-order valence-corrected chi connectivity index (χ3v) is 6.88. The first-order valence-corrected chi connectivity index (χ1v) is 12.3. The number of aromatic nitrogens is 4. The number of halogens is 2. The molecule has 0 saturated carbocycles. The molecule has 0 aliphatic rings. The molecule has 36 heavy (non-hydrogen) atoms. The number of benzene rings is 2. The number of nitrogens with zero attached hydrogens (tertiary/aromatic N) is 4. The largest absolute Gasteiger partial charge is 0.340 e. The van der Waals surface area contributed by atoms with Crippen molar-refractivity contribution in [3.05, 3.63) is 83.8 Å². The number of amides is 1. The summed E-state index contributed by atoms with van der Waals surface area (Å²) in [5.41, 5.74) is 2.48. The minimum atomic E-state index is -0.840. The van der Waals surface area contributed by atoms with E-state index in [0.29, 0.717) is 29.2 Å². The van der Waals surface area contributed by atoms with Crippen LogP contribution in [0.15, 0.2) is 60.3 Å². The molecule has 0 aliphatic heterocycles. The van der Waals surface area contributed by atoms with Crippen molar-refractivity contribution in [3.8, 4) is 0 Å². The van der Waals surface area contributed by atoms with Gasteiger partial charge in [0.1, 0.15) is 17.5 Å². The molecule has 0 bridgehead atoms. The Morgan fingerprint density at radius 3 is 2.69 bits per heavy atom. The van der Waals surface area contributed by atoms with E-state index in [1.54, 1.807) is 17.7 Å². The molecule has 4 rings (SSSR count). The number of nitrogens with one attached hydrogen (secondary N) is 1. The number of Topliss-reactive ketones (excluding diaryl/α,β-unsaturated/α-hetero) is 1. The molecule has 10 heteroatoms. The van der Waals surface area contributed by atoms with E-state index in [1.165, 1.54) is 17.8 Å². The predicted octanol–water partition coefficient (Wildman–Crippen LogP) is 5.09. The zero-order chi connectivity index (χ0) is 25.8. The number of thioether (sulfide) groups is 1. The van der Waals surface area contributed by atoms with Gasteiger partial charge in [0.15, 0.2) is 10.9 Å². The van der Waals surface area contributed by atoms with Crippen LogP contribution < -0.4 is 5.32 Å². The van der Waals surface area contributed by atoms with Gasteiger partial charge in [-0.15, -0.1) is 16.8 Å². The van der Waals surface area contributed by atoms with Crippen LogP contribution in [0, 0.1) is 18.6 Å². The maximum absolute atomic E-state index is 13.7. The molecule has 2 heterocycles. The number of rotatable bonds is 10. The van der Waals surface area contributed by atoms with Crippen LogP contribution in [-0.4, -0.2) is 36.8 Å². The van der Waals surface area contributed by atoms with Crippen molar-refractivity contribution >= 4 is 40.0 Å². The fourth-order valence-corrected chi connectivity index (χ4v) is 4.87. The molecule has 1 N–H and O–H groups in total. The number of para-hydroxylation sites is 1. The van der Waals surface area contributed by atoms with Crippen molar-refractivity contribution in [3.63, 3.8) is 0 Å². The second-order valence-electron chi connectivity index (χ2n) is 8.22. The fourth-order valence-electron chi connectivity index (χ4n) is 4.07. The van der Waals surface area contributed by atoms with Crippen molar-refractivity contribution in [2.75, 3.05) is 11.1 Å². The number of hydrogen-bond acceptors (Lipinski definition) is 5. The van der Waals surface area contributed by atoms with E-state index >= 15 is 0 Å².